The van der Waals surface area contributed by atoms with Gasteiger partial charge in [-0.2, -0.15) is 5.10 Å². The van der Waals surface area contributed by atoms with Crippen molar-refractivity contribution in [2.45, 2.75) is 46.6 Å². The average molecular weight is 405 g/mol. The van der Waals surface area contributed by atoms with Gasteiger partial charge in [0.05, 0.1) is 11.9 Å². The molecule has 2 aromatic rings. The molecule has 0 bridgehead atoms. The molecule has 1 aliphatic rings. The van der Waals surface area contributed by atoms with E-state index in [0.29, 0.717) is 18.8 Å². The quantitative estimate of drug-likeness (QED) is 0.447. The molecule has 0 radical (unpaired) electrons. The fraction of sp³-hybridized carbons (Fsp3) is 0.320. The Bertz CT molecular complexity index is 948. The third-order valence-corrected chi connectivity index (χ3v) is 5.01. The molecule has 1 aromatic heterocycles. The topological polar surface area (TPSA) is 59.3 Å². The minimum atomic E-state index is 0.0580. The second kappa shape index (κ2) is 10.5. The number of carbonyl (C=O) groups excluding carboxylic acids is 1. The molecule has 0 unspecified atom stereocenters. The van der Waals surface area contributed by atoms with Crippen LogP contribution in [0, 0.1) is 5.92 Å². The number of benzene rings is 1. The molecule has 0 amide bonds. The highest BCUT2D eigenvalue weighted by molar-refractivity contribution is 6.02. The molecule has 1 aromatic carbocycles. The Morgan fingerprint density at radius 3 is 2.43 bits per heavy atom. The number of nitrogens with zero attached hydrogens (tertiary/aromatic N) is 3. The normalized spacial score (nSPS) is 13.8. The van der Waals surface area contributed by atoms with E-state index in [4.69, 9.17) is 4.99 Å². The molecule has 158 valence electrons. The number of rotatable bonds is 7. The monoisotopic (exact) mass is 404 g/mol. The largest absolute Gasteiger partial charge is 0.378 e. The molecule has 0 aliphatic carbocycles. The first-order valence-electron chi connectivity index (χ1n) is 10.3. The molecular weight excluding hydrogens is 372 g/mol. The number of fused-ring (bicyclic) bond motifs is 1. The smallest absolute Gasteiger partial charge is 0.162 e. The van der Waals surface area contributed by atoms with Gasteiger partial charge in [-0.25, -0.2) is 9.67 Å². The Morgan fingerprint density at radius 2 is 1.83 bits per heavy atom. The van der Waals surface area contributed by atoms with Gasteiger partial charge in [0.15, 0.2) is 11.6 Å². The van der Waals surface area contributed by atoms with Gasteiger partial charge in [0.1, 0.15) is 0 Å². The first-order valence-corrected chi connectivity index (χ1v) is 10.3. The SMILES string of the molecule is C=C.C=C(N[C@@H](C)c1ccc(C(=O)CC)cc1)C1=Nc2ccnn2C(C(C)C)=CC1. The van der Waals surface area contributed by atoms with E-state index in [2.05, 4.69) is 57.0 Å². The van der Waals surface area contributed by atoms with Crippen molar-refractivity contribution in [2.75, 3.05) is 0 Å². The number of nitrogens with one attached hydrogen (secondary N) is 1. The molecule has 5 heteroatoms. The summed E-state index contributed by atoms with van der Waals surface area (Å²) in [5, 5.41) is 7.87. The fourth-order valence-electron chi connectivity index (χ4n) is 3.31. The highest BCUT2D eigenvalue weighted by atomic mass is 16.1. The van der Waals surface area contributed by atoms with Crippen LogP contribution in [0.3, 0.4) is 0 Å². The van der Waals surface area contributed by atoms with Crippen LogP contribution in [0.25, 0.3) is 5.70 Å². The summed E-state index contributed by atoms with van der Waals surface area (Å²) in [5.41, 5.74) is 4.71. The Labute approximate surface area is 179 Å². The molecule has 0 fully saturated rings. The fourth-order valence-corrected chi connectivity index (χ4v) is 3.31. The number of allylic oxidation sites excluding steroid dienone is 3. The molecule has 1 aliphatic heterocycles. The Hall–Kier alpha value is -3.21. The van der Waals surface area contributed by atoms with E-state index in [1.54, 1.807) is 6.20 Å². The van der Waals surface area contributed by atoms with E-state index in [1.807, 2.05) is 41.9 Å². The Morgan fingerprint density at radius 1 is 1.17 bits per heavy atom. The molecule has 3 rings (SSSR count). The van der Waals surface area contributed by atoms with Crippen LogP contribution in [0.1, 0.15) is 62.5 Å². The molecule has 0 saturated carbocycles. The summed E-state index contributed by atoms with van der Waals surface area (Å²) in [6.07, 6.45) is 5.18. The van der Waals surface area contributed by atoms with E-state index in [0.717, 1.165) is 34.1 Å². The summed E-state index contributed by atoms with van der Waals surface area (Å²) < 4.78 is 1.90. The molecule has 0 saturated heterocycles. The number of carbonyl (C=O) groups is 1. The van der Waals surface area contributed by atoms with Crippen molar-refractivity contribution < 1.29 is 4.79 Å². The Balaban J connectivity index is 0.00000155. The number of aromatic nitrogens is 2. The lowest BCUT2D eigenvalue weighted by atomic mass is 10.0. The highest BCUT2D eigenvalue weighted by Crippen LogP contribution is 2.27. The lowest BCUT2D eigenvalue weighted by Gasteiger charge is -2.18. The lowest BCUT2D eigenvalue weighted by Crippen LogP contribution is -2.22. The molecule has 5 nitrogen and oxygen atoms in total. The molecule has 0 spiro atoms. The minimum absolute atomic E-state index is 0.0580. The number of ketones is 1. The van der Waals surface area contributed by atoms with Crippen molar-refractivity contribution >= 4 is 23.0 Å². The van der Waals surface area contributed by atoms with Gasteiger partial charge in [-0.05, 0) is 18.4 Å². The zero-order chi connectivity index (χ0) is 22.3. The third kappa shape index (κ3) is 5.23. The zero-order valence-corrected chi connectivity index (χ0v) is 18.5. The summed E-state index contributed by atoms with van der Waals surface area (Å²) in [5.74, 6) is 1.34. The second-order valence-electron chi connectivity index (χ2n) is 7.39. The number of Topliss-reactive ketones (excluding diaryl/α,β-unsaturated/α-hetero) is 1. The summed E-state index contributed by atoms with van der Waals surface area (Å²) in [6, 6.07) is 9.75. The number of hydrogen-bond donors (Lipinski definition) is 1. The molecule has 1 atom stereocenters. The minimum Gasteiger partial charge on any atom is -0.378 e. The van der Waals surface area contributed by atoms with Crippen LogP contribution in [-0.4, -0.2) is 21.3 Å². The van der Waals surface area contributed by atoms with Crippen LogP contribution in [0.5, 0.6) is 0 Å². The van der Waals surface area contributed by atoms with Crippen molar-refractivity contribution in [1.29, 1.82) is 0 Å². The van der Waals surface area contributed by atoms with Gasteiger partial charge in [0.2, 0.25) is 0 Å². The van der Waals surface area contributed by atoms with Crippen LogP contribution >= 0.6 is 0 Å². The first kappa shape index (κ1) is 23.1. The van der Waals surface area contributed by atoms with E-state index < -0.39 is 0 Å². The van der Waals surface area contributed by atoms with Crippen LogP contribution < -0.4 is 5.32 Å². The van der Waals surface area contributed by atoms with Crippen LogP contribution in [0.15, 0.2) is 73.0 Å². The van der Waals surface area contributed by atoms with Crippen molar-refractivity contribution in [1.82, 2.24) is 15.1 Å². The van der Waals surface area contributed by atoms with Crippen molar-refractivity contribution in [3.8, 4) is 0 Å². The van der Waals surface area contributed by atoms with E-state index in [-0.39, 0.29) is 11.8 Å². The van der Waals surface area contributed by atoms with Crippen LogP contribution in [0.2, 0.25) is 0 Å². The second-order valence-corrected chi connectivity index (χ2v) is 7.39. The standard InChI is InChI=1S/C23H28N4O.C2H4/c1-6-22(28)19-9-7-18(8-10-19)16(4)25-17(5)20-11-12-21(15(2)3)27-23(26-20)13-14-24-27;1-2/h7-10,12-16,25H,5-6,11H2,1-4H3;1-2H2/t16-;/m0./s1. The van der Waals surface area contributed by atoms with Crippen LogP contribution in [0.4, 0.5) is 5.82 Å². The van der Waals surface area contributed by atoms with E-state index in [1.165, 1.54) is 0 Å². The number of aliphatic imine (C=N–C) groups is 1. The van der Waals surface area contributed by atoms with Gasteiger partial charge in [-0.3, -0.25) is 4.79 Å². The van der Waals surface area contributed by atoms with Gasteiger partial charge < -0.3 is 5.32 Å². The highest BCUT2D eigenvalue weighted by Gasteiger charge is 2.18. The summed E-state index contributed by atoms with van der Waals surface area (Å²) >= 11 is 0. The maximum Gasteiger partial charge on any atom is 0.162 e. The average Bonchev–Trinajstić information content (AvgIpc) is 3.13. The predicted octanol–water partition coefficient (Wildman–Crippen LogP) is 6.12. The van der Waals surface area contributed by atoms with E-state index in [9.17, 15) is 4.79 Å². The van der Waals surface area contributed by atoms with E-state index >= 15 is 0 Å². The maximum atomic E-state index is 11.8. The van der Waals surface area contributed by atoms with Crippen LogP contribution in [-0.2, 0) is 0 Å². The predicted molar refractivity (Wildman–Crippen MR) is 126 cm³/mol. The van der Waals surface area contributed by atoms with Gasteiger partial charge in [-0.15, -0.1) is 13.2 Å². The zero-order valence-electron chi connectivity index (χ0n) is 18.5. The summed E-state index contributed by atoms with van der Waals surface area (Å²) in [4.78, 5) is 16.6. The van der Waals surface area contributed by atoms with Gasteiger partial charge in [0.25, 0.3) is 0 Å². The summed E-state index contributed by atoms with van der Waals surface area (Å²) in [6.45, 7) is 18.5. The Kier molecular flexibility index (Phi) is 8.10. The van der Waals surface area contributed by atoms with Gasteiger partial charge in [0, 0.05) is 41.9 Å². The summed E-state index contributed by atoms with van der Waals surface area (Å²) in [7, 11) is 0. The van der Waals surface area contributed by atoms with Crippen molar-refractivity contribution in [3.05, 3.63) is 79.2 Å². The van der Waals surface area contributed by atoms with Crippen molar-refractivity contribution in [3.63, 3.8) is 0 Å². The molecule has 2 heterocycles. The molecular formula is C25H32N4O. The number of hydrogen-bond acceptors (Lipinski definition) is 4. The van der Waals surface area contributed by atoms with Crippen molar-refractivity contribution in [2.24, 2.45) is 10.9 Å². The van der Waals surface area contributed by atoms with Gasteiger partial charge in [-0.1, -0.05) is 57.7 Å². The maximum absolute atomic E-state index is 11.8. The molecule has 1 N–H and O–H groups in total. The lowest BCUT2D eigenvalue weighted by molar-refractivity contribution is 0.0988. The molecule has 30 heavy (non-hydrogen) atoms. The third-order valence-electron chi connectivity index (χ3n) is 5.01. The van der Waals surface area contributed by atoms with Gasteiger partial charge >= 0.3 is 0 Å². The first-order chi connectivity index (χ1) is 14.4.